The molecule has 2 aromatic rings. The van der Waals surface area contributed by atoms with E-state index in [-0.39, 0.29) is 17.6 Å². The second-order valence-corrected chi connectivity index (χ2v) is 6.02. The molecular weight excluding hydrogens is 283 g/mol. The third-order valence-electron chi connectivity index (χ3n) is 2.99. The number of fused-ring (bicyclic) bond motifs is 1. The number of benzene rings is 1. The normalized spacial score (nSPS) is 12.8. The molecule has 1 unspecified atom stereocenters. The van der Waals surface area contributed by atoms with Crippen molar-refractivity contribution in [3.05, 3.63) is 22.7 Å². The predicted octanol–water partition coefficient (Wildman–Crippen LogP) is 4.16. The molecule has 1 atom stereocenters. The third-order valence-corrected chi connectivity index (χ3v) is 4.42. The summed E-state index contributed by atoms with van der Waals surface area (Å²) in [6, 6.07) is 3.38. The van der Waals surface area contributed by atoms with Crippen molar-refractivity contribution in [3.63, 3.8) is 0 Å². The lowest BCUT2D eigenvalue weighted by molar-refractivity contribution is 0.387. The van der Waals surface area contributed by atoms with Crippen molar-refractivity contribution in [2.75, 3.05) is 18.6 Å². The Bertz CT molecular complexity index is 635. The van der Waals surface area contributed by atoms with E-state index in [4.69, 9.17) is 17.0 Å². The summed E-state index contributed by atoms with van der Waals surface area (Å²) >= 11 is 7.20. The molecule has 19 heavy (non-hydrogen) atoms. The molecule has 0 aliphatic heterocycles. The van der Waals surface area contributed by atoms with E-state index in [9.17, 15) is 4.39 Å². The van der Waals surface area contributed by atoms with E-state index in [1.54, 1.807) is 6.07 Å². The molecule has 1 aromatic heterocycles. The van der Waals surface area contributed by atoms with Crippen LogP contribution in [0.1, 0.15) is 19.9 Å². The zero-order valence-electron chi connectivity index (χ0n) is 11.2. The van der Waals surface area contributed by atoms with Crippen molar-refractivity contribution >= 4 is 35.0 Å². The smallest absolute Gasteiger partial charge is 0.178 e. The van der Waals surface area contributed by atoms with Gasteiger partial charge >= 0.3 is 0 Å². The Labute approximate surface area is 121 Å². The number of nitrogens with one attached hydrogen (secondary N) is 1. The van der Waals surface area contributed by atoms with Crippen LogP contribution in [-0.2, 0) is 0 Å². The molecule has 1 aromatic carbocycles. The maximum absolute atomic E-state index is 13.7. The average molecular weight is 300 g/mol. The zero-order valence-corrected chi connectivity index (χ0v) is 12.8. The number of hydrogen-bond acceptors (Lipinski definition) is 3. The van der Waals surface area contributed by atoms with Gasteiger partial charge < -0.3 is 14.3 Å². The second-order valence-electron chi connectivity index (χ2n) is 4.31. The van der Waals surface area contributed by atoms with Gasteiger partial charge in [-0.15, -0.1) is 0 Å². The first kappa shape index (κ1) is 14.4. The van der Waals surface area contributed by atoms with Gasteiger partial charge in [0.05, 0.1) is 18.1 Å². The highest BCUT2D eigenvalue weighted by Gasteiger charge is 2.14. The molecule has 0 radical (unpaired) electrons. The number of methoxy groups -OCH3 is 1. The highest BCUT2D eigenvalue weighted by Crippen LogP contribution is 2.27. The van der Waals surface area contributed by atoms with Crippen LogP contribution in [0.4, 0.5) is 4.39 Å². The fourth-order valence-corrected chi connectivity index (χ4v) is 3.20. The summed E-state index contributed by atoms with van der Waals surface area (Å²) in [6.45, 7) is 4.24. The van der Waals surface area contributed by atoms with Gasteiger partial charge in [-0.05, 0) is 24.9 Å². The fourth-order valence-electron chi connectivity index (χ4n) is 2.08. The number of thioether (sulfide) groups is 1. The van der Waals surface area contributed by atoms with E-state index in [1.165, 1.54) is 13.2 Å². The number of aromatic amines is 1. The number of halogens is 1. The number of ether oxygens (including phenoxy) is 1. The molecule has 0 fully saturated rings. The fraction of sp³-hybridized carbons (Fsp3) is 0.462. The quantitative estimate of drug-likeness (QED) is 0.841. The van der Waals surface area contributed by atoms with Gasteiger partial charge in [0.2, 0.25) is 0 Å². The maximum atomic E-state index is 13.7. The molecule has 0 aliphatic rings. The third kappa shape index (κ3) is 2.79. The first-order chi connectivity index (χ1) is 9.08. The lowest BCUT2D eigenvalue weighted by Gasteiger charge is -2.14. The van der Waals surface area contributed by atoms with E-state index in [0.717, 1.165) is 17.0 Å². The van der Waals surface area contributed by atoms with Crippen LogP contribution in [-0.4, -0.2) is 28.2 Å². The highest BCUT2D eigenvalue weighted by atomic mass is 32.2. The van der Waals surface area contributed by atoms with Crippen LogP contribution in [0, 0.1) is 10.6 Å². The van der Waals surface area contributed by atoms with E-state index in [1.807, 2.05) is 16.3 Å². The second kappa shape index (κ2) is 5.96. The van der Waals surface area contributed by atoms with Crippen molar-refractivity contribution in [2.45, 2.75) is 19.9 Å². The maximum Gasteiger partial charge on any atom is 0.178 e. The molecular formula is C13H17FN2OS2. The van der Waals surface area contributed by atoms with Gasteiger partial charge in [-0.2, -0.15) is 11.8 Å². The van der Waals surface area contributed by atoms with Gasteiger partial charge in [0, 0.05) is 23.9 Å². The Hall–Kier alpha value is -1.01. The number of nitrogens with zero attached hydrogens (tertiary/aromatic N) is 1. The summed E-state index contributed by atoms with van der Waals surface area (Å²) in [4.78, 5) is 3.05. The number of H-pyrrole nitrogens is 1. The van der Waals surface area contributed by atoms with Gasteiger partial charge in [0.1, 0.15) is 0 Å². The molecule has 0 amide bonds. The van der Waals surface area contributed by atoms with Gasteiger partial charge in [-0.3, -0.25) is 0 Å². The van der Waals surface area contributed by atoms with E-state index >= 15 is 0 Å². The summed E-state index contributed by atoms with van der Waals surface area (Å²) in [6.07, 6.45) is 0. The monoisotopic (exact) mass is 300 g/mol. The topological polar surface area (TPSA) is 29.9 Å². The van der Waals surface area contributed by atoms with Crippen molar-refractivity contribution in [3.8, 4) is 5.75 Å². The molecule has 1 heterocycles. The van der Waals surface area contributed by atoms with Crippen molar-refractivity contribution in [1.82, 2.24) is 9.55 Å². The average Bonchev–Trinajstić information content (AvgIpc) is 2.69. The number of aromatic nitrogens is 2. The van der Waals surface area contributed by atoms with Crippen molar-refractivity contribution in [1.29, 1.82) is 0 Å². The van der Waals surface area contributed by atoms with Crippen molar-refractivity contribution < 1.29 is 9.13 Å². The number of imidazole rings is 1. The minimum atomic E-state index is -0.381. The summed E-state index contributed by atoms with van der Waals surface area (Å²) in [5.41, 5.74) is 1.59. The molecule has 6 heteroatoms. The van der Waals surface area contributed by atoms with Crippen LogP contribution < -0.4 is 4.74 Å². The lowest BCUT2D eigenvalue weighted by Crippen LogP contribution is -2.08. The Morgan fingerprint density at radius 2 is 2.26 bits per heavy atom. The number of hydrogen-bond donors (Lipinski definition) is 1. The minimum Gasteiger partial charge on any atom is -0.494 e. The first-order valence-electron chi connectivity index (χ1n) is 6.14. The Kier molecular flexibility index (Phi) is 4.52. The van der Waals surface area contributed by atoms with Gasteiger partial charge in [0.15, 0.2) is 16.3 Å². The molecule has 2 rings (SSSR count). The Morgan fingerprint density at radius 1 is 1.53 bits per heavy atom. The molecule has 104 valence electrons. The Balaban J connectivity index is 2.54. The summed E-state index contributed by atoms with van der Waals surface area (Å²) < 4.78 is 21.3. The van der Waals surface area contributed by atoms with Crippen LogP contribution >= 0.6 is 24.0 Å². The van der Waals surface area contributed by atoms with Gasteiger partial charge in [0.25, 0.3) is 0 Å². The lowest BCUT2D eigenvalue weighted by atomic mass is 10.2. The van der Waals surface area contributed by atoms with Crippen molar-refractivity contribution in [2.24, 2.45) is 0 Å². The minimum absolute atomic E-state index is 0.241. The first-order valence-corrected chi connectivity index (χ1v) is 7.70. The van der Waals surface area contributed by atoms with E-state index < -0.39 is 0 Å². The highest BCUT2D eigenvalue weighted by molar-refractivity contribution is 7.99. The van der Waals surface area contributed by atoms with Crippen LogP contribution in [0.25, 0.3) is 11.0 Å². The Morgan fingerprint density at radius 3 is 2.89 bits per heavy atom. The zero-order chi connectivity index (χ0) is 14.0. The molecule has 3 nitrogen and oxygen atoms in total. The van der Waals surface area contributed by atoms with Crippen LogP contribution in [0.15, 0.2) is 12.1 Å². The molecule has 0 bridgehead atoms. The van der Waals surface area contributed by atoms with Gasteiger partial charge in [-0.25, -0.2) is 4.39 Å². The standard InChI is InChI=1S/C13H17FN2OS2/c1-4-19-7-8(2)16-11-6-12(17-3)9(14)5-10(11)15-13(16)18/h5-6,8H,4,7H2,1-3H3,(H,15,18). The van der Waals surface area contributed by atoms with Gasteiger partial charge in [-0.1, -0.05) is 6.92 Å². The number of rotatable bonds is 5. The van der Waals surface area contributed by atoms with E-state index in [0.29, 0.717) is 10.3 Å². The molecule has 0 spiro atoms. The molecule has 0 saturated carbocycles. The summed E-state index contributed by atoms with van der Waals surface area (Å²) in [7, 11) is 1.46. The van der Waals surface area contributed by atoms with Crippen LogP contribution in [0.3, 0.4) is 0 Å². The molecule has 0 aliphatic carbocycles. The van der Waals surface area contributed by atoms with Crippen LogP contribution in [0.5, 0.6) is 5.75 Å². The SMILES string of the molecule is CCSCC(C)n1c(=S)[nH]c2cc(F)c(OC)cc21. The van der Waals surface area contributed by atoms with E-state index in [2.05, 4.69) is 18.8 Å². The summed E-state index contributed by atoms with van der Waals surface area (Å²) in [5.74, 6) is 1.90. The van der Waals surface area contributed by atoms with Crippen LogP contribution in [0.2, 0.25) is 0 Å². The molecule has 1 N–H and O–H groups in total. The largest absolute Gasteiger partial charge is 0.494 e. The molecule has 0 saturated heterocycles. The summed E-state index contributed by atoms with van der Waals surface area (Å²) in [5, 5.41) is 0. The predicted molar refractivity (Wildman–Crippen MR) is 81.3 cm³/mol.